The van der Waals surface area contributed by atoms with E-state index in [1.807, 2.05) is 30.3 Å². The lowest BCUT2D eigenvalue weighted by Crippen LogP contribution is -2.40. The molecule has 0 aliphatic rings. The molecule has 5 nitrogen and oxygen atoms in total. The van der Waals surface area contributed by atoms with Crippen LogP contribution >= 0.6 is 11.6 Å². The molecule has 2 aromatic carbocycles. The second-order valence-corrected chi connectivity index (χ2v) is 9.12. The standard InChI is InChI=1S/C20H25ClN2O3S/c1-16(2)12-13-22-20(24)15-23(14-17-6-4-3-5-7-17)27(25,26)19-10-8-18(21)9-11-19/h3-11,16H,12-15H2,1-2H3,(H,22,24). The molecule has 27 heavy (non-hydrogen) atoms. The van der Waals surface area contributed by atoms with Gasteiger partial charge in [0.1, 0.15) is 0 Å². The number of carbonyl (C=O) groups is 1. The SMILES string of the molecule is CC(C)CCNC(=O)CN(Cc1ccccc1)S(=O)(=O)c1ccc(Cl)cc1. The largest absolute Gasteiger partial charge is 0.355 e. The van der Waals surface area contributed by atoms with Crippen LogP contribution in [0.15, 0.2) is 59.5 Å². The van der Waals surface area contributed by atoms with Gasteiger partial charge in [-0.05, 0) is 42.2 Å². The van der Waals surface area contributed by atoms with E-state index >= 15 is 0 Å². The van der Waals surface area contributed by atoms with E-state index in [4.69, 9.17) is 11.6 Å². The van der Waals surface area contributed by atoms with Crippen molar-refractivity contribution in [2.45, 2.75) is 31.7 Å². The number of nitrogens with one attached hydrogen (secondary N) is 1. The first-order valence-electron chi connectivity index (χ1n) is 8.85. The maximum absolute atomic E-state index is 13.1. The number of halogens is 1. The lowest BCUT2D eigenvalue weighted by molar-refractivity contribution is -0.121. The highest BCUT2D eigenvalue weighted by atomic mass is 35.5. The average molecular weight is 409 g/mol. The molecular formula is C20H25ClN2O3S. The summed E-state index contributed by atoms with van der Waals surface area (Å²) in [5, 5.41) is 3.25. The Morgan fingerprint density at radius 3 is 2.30 bits per heavy atom. The summed E-state index contributed by atoms with van der Waals surface area (Å²) in [5.74, 6) is 0.146. The molecule has 0 aliphatic carbocycles. The van der Waals surface area contributed by atoms with Gasteiger partial charge in [-0.3, -0.25) is 4.79 Å². The van der Waals surface area contributed by atoms with E-state index in [9.17, 15) is 13.2 Å². The first kappa shape index (κ1) is 21.4. The zero-order valence-corrected chi connectivity index (χ0v) is 17.1. The Bertz CT molecular complexity index is 837. The summed E-state index contributed by atoms with van der Waals surface area (Å²) in [6.45, 7) is 4.54. The van der Waals surface area contributed by atoms with Crippen LogP contribution in [0.25, 0.3) is 0 Å². The predicted molar refractivity (Wildman–Crippen MR) is 108 cm³/mol. The highest BCUT2D eigenvalue weighted by Gasteiger charge is 2.26. The second kappa shape index (κ2) is 9.88. The van der Waals surface area contributed by atoms with Gasteiger partial charge < -0.3 is 5.32 Å². The number of carbonyl (C=O) groups excluding carboxylic acids is 1. The first-order valence-corrected chi connectivity index (χ1v) is 10.7. The van der Waals surface area contributed by atoms with Crippen LogP contribution in [-0.4, -0.2) is 31.7 Å². The van der Waals surface area contributed by atoms with Crippen molar-refractivity contribution in [1.82, 2.24) is 9.62 Å². The number of amides is 1. The molecule has 0 fully saturated rings. The number of rotatable bonds is 9. The third kappa shape index (κ3) is 6.65. The van der Waals surface area contributed by atoms with Crippen molar-refractivity contribution >= 4 is 27.5 Å². The Morgan fingerprint density at radius 2 is 1.70 bits per heavy atom. The highest BCUT2D eigenvalue weighted by Crippen LogP contribution is 2.20. The van der Waals surface area contributed by atoms with Crippen molar-refractivity contribution in [2.24, 2.45) is 5.92 Å². The summed E-state index contributed by atoms with van der Waals surface area (Å²) in [6.07, 6.45) is 0.842. The number of nitrogens with zero attached hydrogens (tertiary/aromatic N) is 1. The summed E-state index contributed by atoms with van der Waals surface area (Å²) in [5.41, 5.74) is 0.810. The molecule has 0 saturated heterocycles. The number of sulfonamides is 1. The Morgan fingerprint density at radius 1 is 1.07 bits per heavy atom. The van der Waals surface area contributed by atoms with Crippen LogP contribution < -0.4 is 5.32 Å². The molecule has 1 N–H and O–H groups in total. The molecule has 0 bridgehead atoms. The lowest BCUT2D eigenvalue weighted by Gasteiger charge is -2.22. The van der Waals surface area contributed by atoms with E-state index in [1.54, 1.807) is 0 Å². The maximum Gasteiger partial charge on any atom is 0.243 e. The summed E-state index contributed by atoms with van der Waals surface area (Å²) in [4.78, 5) is 12.4. The van der Waals surface area contributed by atoms with Crippen LogP contribution in [0.3, 0.4) is 0 Å². The molecule has 1 amide bonds. The van der Waals surface area contributed by atoms with Crippen LogP contribution in [0.5, 0.6) is 0 Å². The molecule has 0 heterocycles. The van der Waals surface area contributed by atoms with Gasteiger partial charge in [-0.25, -0.2) is 8.42 Å². The monoisotopic (exact) mass is 408 g/mol. The summed E-state index contributed by atoms with van der Waals surface area (Å²) < 4.78 is 27.3. The summed E-state index contributed by atoms with van der Waals surface area (Å²) in [7, 11) is -3.84. The summed E-state index contributed by atoms with van der Waals surface area (Å²) in [6, 6.07) is 15.2. The van der Waals surface area contributed by atoms with Crippen LogP contribution in [0.4, 0.5) is 0 Å². The molecule has 0 spiro atoms. The third-order valence-electron chi connectivity index (χ3n) is 4.02. The van der Waals surface area contributed by atoms with Gasteiger partial charge in [0.15, 0.2) is 0 Å². The molecule has 0 radical (unpaired) electrons. The van der Waals surface area contributed by atoms with E-state index in [0.29, 0.717) is 17.5 Å². The fourth-order valence-electron chi connectivity index (χ4n) is 2.48. The smallest absolute Gasteiger partial charge is 0.243 e. The molecule has 146 valence electrons. The van der Waals surface area contributed by atoms with E-state index < -0.39 is 10.0 Å². The van der Waals surface area contributed by atoms with E-state index in [-0.39, 0.29) is 23.9 Å². The first-order chi connectivity index (χ1) is 12.8. The second-order valence-electron chi connectivity index (χ2n) is 6.75. The van der Waals surface area contributed by atoms with Crippen LogP contribution in [0.2, 0.25) is 5.02 Å². The maximum atomic E-state index is 13.1. The quantitative estimate of drug-likeness (QED) is 0.688. The van der Waals surface area contributed by atoms with Crippen LogP contribution in [-0.2, 0) is 21.4 Å². The number of benzene rings is 2. The fourth-order valence-corrected chi connectivity index (χ4v) is 4.00. The van der Waals surface area contributed by atoms with Crippen molar-refractivity contribution in [2.75, 3.05) is 13.1 Å². The molecule has 7 heteroatoms. The molecule has 0 atom stereocenters. The van der Waals surface area contributed by atoms with Crippen molar-refractivity contribution in [3.63, 3.8) is 0 Å². The Kier molecular flexibility index (Phi) is 7.83. The van der Waals surface area contributed by atoms with E-state index in [2.05, 4.69) is 19.2 Å². The zero-order valence-electron chi connectivity index (χ0n) is 15.6. The zero-order chi connectivity index (χ0) is 19.9. The number of hydrogen-bond donors (Lipinski definition) is 1. The van der Waals surface area contributed by atoms with Crippen molar-refractivity contribution in [3.8, 4) is 0 Å². The Labute approximate surface area is 166 Å². The highest BCUT2D eigenvalue weighted by molar-refractivity contribution is 7.89. The van der Waals surface area contributed by atoms with Crippen molar-refractivity contribution in [1.29, 1.82) is 0 Å². The lowest BCUT2D eigenvalue weighted by atomic mass is 10.1. The van der Waals surface area contributed by atoms with Crippen LogP contribution in [0, 0.1) is 5.92 Å². The van der Waals surface area contributed by atoms with E-state index in [1.165, 1.54) is 28.6 Å². The van der Waals surface area contributed by atoms with Crippen molar-refractivity contribution in [3.05, 3.63) is 65.2 Å². The minimum atomic E-state index is -3.84. The van der Waals surface area contributed by atoms with Gasteiger partial charge in [0.2, 0.25) is 15.9 Å². The molecule has 2 aromatic rings. The minimum absolute atomic E-state index is 0.109. The minimum Gasteiger partial charge on any atom is -0.355 e. The number of hydrogen-bond acceptors (Lipinski definition) is 3. The van der Waals surface area contributed by atoms with Gasteiger partial charge in [-0.15, -0.1) is 0 Å². The van der Waals surface area contributed by atoms with Gasteiger partial charge in [-0.2, -0.15) is 4.31 Å². The van der Waals surface area contributed by atoms with Gasteiger partial charge in [0.25, 0.3) is 0 Å². The molecular weight excluding hydrogens is 384 g/mol. The van der Waals surface area contributed by atoms with Crippen LogP contribution in [0.1, 0.15) is 25.8 Å². The molecule has 0 aliphatic heterocycles. The molecule has 2 rings (SSSR count). The third-order valence-corrected chi connectivity index (χ3v) is 6.07. The van der Waals surface area contributed by atoms with Gasteiger partial charge in [-0.1, -0.05) is 55.8 Å². The molecule has 0 saturated carbocycles. The summed E-state index contributed by atoms with van der Waals surface area (Å²) >= 11 is 5.87. The molecule has 0 unspecified atom stereocenters. The average Bonchev–Trinajstić information content (AvgIpc) is 2.62. The predicted octanol–water partition coefficient (Wildman–Crippen LogP) is 3.69. The normalized spacial score (nSPS) is 11.7. The molecule has 0 aromatic heterocycles. The topological polar surface area (TPSA) is 66.5 Å². The van der Waals surface area contributed by atoms with Gasteiger partial charge >= 0.3 is 0 Å². The fraction of sp³-hybridized carbons (Fsp3) is 0.350. The van der Waals surface area contributed by atoms with Gasteiger partial charge in [0.05, 0.1) is 11.4 Å². The van der Waals surface area contributed by atoms with Gasteiger partial charge in [0, 0.05) is 18.1 Å². The Balaban J connectivity index is 2.20. The van der Waals surface area contributed by atoms with Crippen molar-refractivity contribution < 1.29 is 13.2 Å². The van der Waals surface area contributed by atoms with E-state index in [0.717, 1.165) is 12.0 Å². The Hall–Kier alpha value is -1.89.